The normalized spacial score (nSPS) is 12.4. The van der Waals surface area contributed by atoms with Crippen LogP contribution in [0.1, 0.15) is 26.7 Å². The minimum Gasteiger partial charge on any atom is -0.437 e. The molecule has 0 bridgehead atoms. The Kier molecular flexibility index (Phi) is 11.7. The summed E-state index contributed by atoms with van der Waals surface area (Å²) in [4.78, 5) is 11.6. The first-order valence-corrected chi connectivity index (χ1v) is 19.5. The zero-order valence-corrected chi connectivity index (χ0v) is 23.1. The third kappa shape index (κ3) is 13.8. The second-order valence-electron chi connectivity index (χ2n) is 9.55. The van der Waals surface area contributed by atoms with Crippen molar-refractivity contribution in [3.63, 3.8) is 0 Å². The lowest BCUT2D eigenvalue weighted by atomic mass is 10.3. The predicted molar refractivity (Wildman–Crippen MR) is 133 cm³/mol. The molecule has 0 aliphatic carbocycles. The van der Waals surface area contributed by atoms with Crippen LogP contribution in [0.3, 0.4) is 0 Å². The predicted octanol–water partition coefficient (Wildman–Crippen LogP) is 5.28. The Bertz CT molecular complexity index is 552. The van der Waals surface area contributed by atoms with Gasteiger partial charge in [-0.05, 0) is 83.6 Å². The Morgan fingerprint density at radius 2 is 1.17 bits per heavy atom. The van der Waals surface area contributed by atoms with Gasteiger partial charge < -0.3 is 18.9 Å². The summed E-state index contributed by atoms with van der Waals surface area (Å²) in [5, 5.41) is 6.22. The Morgan fingerprint density at radius 3 is 1.55 bits per heavy atom. The molecule has 0 aromatic heterocycles. The van der Waals surface area contributed by atoms with Crippen molar-refractivity contribution in [3.8, 4) is 0 Å². The molecule has 168 valence electrons. The highest BCUT2D eigenvalue weighted by Crippen LogP contribution is 2.25. The van der Waals surface area contributed by atoms with E-state index in [9.17, 15) is 4.79 Å². The van der Waals surface area contributed by atoms with Crippen LogP contribution in [0, 0.1) is 0 Å². The minimum atomic E-state index is -2.20. The van der Waals surface area contributed by atoms with Crippen molar-refractivity contribution in [2.24, 2.45) is 0 Å². The second-order valence-corrected chi connectivity index (χ2v) is 22.0. The molecular formula is C21H44N2O3Si3. The van der Waals surface area contributed by atoms with E-state index in [0.29, 0.717) is 12.1 Å². The Balaban J connectivity index is 4.43. The largest absolute Gasteiger partial charge is 0.437 e. The summed E-state index contributed by atoms with van der Waals surface area (Å²) < 4.78 is 13.2. The van der Waals surface area contributed by atoms with Crippen molar-refractivity contribution < 1.29 is 13.0 Å². The van der Waals surface area contributed by atoms with Crippen LogP contribution in [0.4, 0.5) is 0 Å². The van der Waals surface area contributed by atoms with Crippen molar-refractivity contribution in [1.82, 2.24) is 10.6 Å². The smallest absolute Gasteiger partial charge is 0.311 e. The second kappa shape index (κ2) is 12.0. The van der Waals surface area contributed by atoms with E-state index in [-0.39, 0.29) is 5.91 Å². The van der Waals surface area contributed by atoms with Crippen LogP contribution in [0.15, 0.2) is 36.6 Å². The number of carbonyl (C=O) groups excluding carboxylic acids is 1. The van der Waals surface area contributed by atoms with Gasteiger partial charge in [-0.15, -0.1) is 0 Å². The highest BCUT2D eigenvalue weighted by molar-refractivity contribution is 6.87. The standard InChI is InChI=1S/C21H44N2O3Si3/c1-18(2)20(5)22-14-12-16-27(6,7)25-29(10,11)26-28(8,9)17-13-15-23-21(24)19(3)4/h22H,1,3,5,12-17H2,2,4,6-11H3,(H,23,24). The van der Waals surface area contributed by atoms with Crippen LogP contribution in [-0.4, -0.2) is 44.2 Å². The molecule has 0 rings (SSSR count). The van der Waals surface area contributed by atoms with Gasteiger partial charge in [0, 0.05) is 24.4 Å². The van der Waals surface area contributed by atoms with Gasteiger partial charge in [-0.1, -0.05) is 19.7 Å². The van der Waals surface area contributed by atoms with Crippen molar-refractivity contribution in [1.29, 1.82) is 0 Å². The average molecular weight is 457 g/mol. The number of nitrogens with one attached hydrogen (secondary N) is 2. The highest BCUT2D eigenvalue weighted by atomic mass is 28.5. The highest BCUT2D eigenvalue weighted by Gasteiger charge is 2.39. The van der Waals surface area contributed by atoms with E-state index in [1.54, 1.807) is 6.92 Å². The molecule has 8 heteroatoms. The molecule has 0 aliphatic rings. The van der Waals surface area contributed by atoms with Crippen molar-refractivity contribution in [2.45, 2.75) is 78.1 Å². The molecule has 29 heavy (non-hydrogen) atoms. The lowest BCUT2D eigenvalue weighted by molar-refractivity contribution is -0.117. The summed E-state index contributed by atoms with van der Waals surface area (Å²) >= 11 is 0. The number of amides is 1. The minimum absolute atomic E-state index is 0.0718. The van der Waals surface area contributed by atoms with Crippen LogP contribution < -0.4 is 10.6 Å². The topological polar surface area (TPSA) is 59.6 Å². The number of carbonyl (C=O) groups is 1. The van der Waals surface area contributed by atoms with Crippen molar-refractivity contribution >= 4 is 31.1 Å². The van der Waals surface area contributed by atoms with Gasteiger partial charge in [0.15, 0.2) is 16.6 Å². The number of allylic oxidation sites excluding steroid dienone is 1. The van der Waals surface area contributed by atoms with Crippen LogP contribution in [-0.2, 0) is 13.0 Å². The van der Waals surface area contributed by atoms with Gasteiger partial charge >= 0.3 is 8.56 Å². The molecule has 0 aromatic carbocycles. The zero-order chi connectivity index (χ0) is 22.9. The molecule has 0 unspecified atom stereocenters. The van der Waals surface area contributed by atoms with Gasteiger partial charge in [-0.3, -0.25) is 4.79 Å². The maximum Gasteiger partial charge on any atom is 0.311 e. The zero-order valence-electron chi connectivity index (χ0n) is 20.1. The monoisotopic (exact) mass is 456 g/mol. The van der Waals surface area contributed by atoms with E-state index in [1.807, 2.05) is 6.92 Å². The van der Waals surface area contributed by atoms with Gasteiger partial charge in [0.1, 0.15) is 0 Å². The fourth-order valence-corrected chi connectivity index (χ4v) is 17.3. The van der Waals surface area contributed by atoms with Crippen LogP contribution in [0.5, 0.6) is 0 Å². The molecule has 0 radical (unpaired) electrons. The summed E-state index contributed by atoms with van der Waals surface area (Å²) in [5.74, 6) is -0.0718. The lowest BCUT2D eigenvalue weighted by Gasteiger charge is -2.39. The van der Waals surface area contributed by atoms with Gasteiger partial charge in [0.2, 0.25) is 5.91 Å². The van der Waals surface area contributed by atoms with Gasteiger partial charge in [0.25, 0.3) is 0 Å². The molecule has 0 aliphatic heterocycles. The number of hydrogen-bond acceptors (Lipinski definition) is 4. The maximum absolute atomic E-state index is 11.6. The molecule has 0 aromatic rings. The van der Waals surface area contributed by atoms with Gasteiger partial charge in [-0.2, -0.15) is 0 Å². The molecule has 2 N–H and O–H groups in total. The average Bonchev–Trinajstić information content (AvgIpc) is 2.52. The summed E-state index contributed by atoms with van der Waals surface area (Å²) in [5.41, 5.74) is 2.44. The molecule has 5 nitrogen and oxygen atoms in total. The molecule has 0 saturated carbocycles. The molecular weight excluding hydrogens is 413 g/mol. The summed E-state index contributed by atoms with van der Waals surface area (Å²) in [6, 6.07) is 2.08. The summed E-state index contributed by atoms with van der Waals surface area (Å²) in [6.45, 7) is 30.1. The SMILES string of the molecule is C=C(C)C(=C)NCCC[Si](C)(C)O[Si](C)(C)O[Si](C)(C)CCCNC(=O)C(=C)C. The first kappa shape index (κ1) is 28.1. The quantitative estimate of drug-likeness (QED) is 0.152. The number of rotatable bonds is 15. The first-order chi connectivity index (χ1) is 13.1. The van der Waals surface area contributed by atoms with Crippen LogP contribution in [0.2, 0.25) is 51.4 Å². The van der Waals surface area contributed by atoms with Crippen LogP contribution >= 0.6 is 0 Å². The Hall–Kier alpha value is -0.939. The van der Waals surface area contributed by atoms with Crippen molar-refractivity contribution in [3.05, 3.63) is 36.6 Å². The van der Waals surface area contributed by atoms with Gasteiger partial charge in [-0.25, -0.2) is 0 Å². The van der Waals surface area contributed by atoms with Crippen molar-refractivity contribution in [2.75, 3.05) is 13.1 Å². The van der Waals surface area contributed by atoms with E-state index >= 15 is 0 Å². The van der Waals surface area contributed by atoms with Crippen LogP contribution in [0.25, 0.3) is 0 Å². The maximum atomic E-state index is 11.6. The van der Waals surface area contributed by atoms with E-state index < -0.39 is 25.2 Å². The first-order valence-electron chi connectivity index (χ1n) is 10.5. The summed E-state index contributed by atoms with van der Waals surface area (Å²) in [7, 11) is -5.86. The van der Waals surface area contributed by atoms with Gasteiger partial charge in [0.05, 0.1) is 0 Å². The number of hydrogen-bond donors (Lipinski definition) is 2. The third-order valence-electron chi connectivity index (χ3n) is 4.48. The molecule has 0 spiro atoms. The third-order valence-corrected chi connectivity index (χ3v) is 16.0. The molecule has 0 saturated heterocycles. The molecule has 0 heterocycles. The fraction of sp³-hybridized carbons (Fsp3) is 0.667. The fourth-order valence-electron chi connectivity index (χ4n) is 3.22. The molecule has 0 atom stereocenters. The van der Waals surface area contributed by atoms with E-state index in [2.05, 4.69) is 69.7 Å². The Labute approximate surface area is 182 Å². The summed E-state index contributed by atoms with van der Waals surface area (Å²) in [6.07, 6.45) is 1.97. The molecule has 1 amide bonds. The lowest BCUT2D eigenvalue weighted by Crippen LogP contribution is -2.52. The van der Waals surface area contributed by atoms with E-state index in [0.717, 1.165) is 42.7 Å². The Morgan fingerprint density at radius 1 is 0.759 bits per heavy atom. The van der Waals surface area contributed by atoms with E-state index in [1.165, 1.54) is 0 Å². The van der Waals surface area contributed by atoms with E-state index in [4.69, 9.17) is 8.23 Å². The molecule has 0 fully saturated rings.